The van der Waals surface area contributed by atoms with Crippen molar-refractivity contribution in [1.29, 1.82) is 0 Å². The molecule has 0 aliphatic rings. The molecule has 206 valence electrons. The van der Waals surface area contributed by atoms with Crippen LogP contribution in [0.2, 0.25) is 0 Å². The molecule has 8 heteroatoms. The summed E-state index contributed by atoms with van der Waals surface area (Å²) in [5.74, 6) is 0.477. The van der Waals surface area contributed by atoms with Crippen LogP contribution in [0, 0.1) is 0 Å². The second kappa shape index (κ2) is 11.4. The van der Waals surface area contributed by atoms with Crippen LogP contribution in [0.5, 0.6) is 5.75 Å². The van der Waals surface area contributed by atoms with Crippen LogP contribution in [0.25, 0.3) is 32.7 Å². The van der Waals surface area contributed by atoms with E-state index in [9.17, 15) is 9.59 Å². The standard InChI is InChI=1S/C33H29N3O4S/c1-3-24-19-28-29(39-2)27(18-15-21-9-5-4-6-10-21)31(37)36(32(28)41-24)20-22-13-16-23(17-14-22)25-11-7-8-12-26(25)30-34-33(38)40-35-30/h4-14,16-17,19H,3,15,18,20H2,1-2H3,(H,34,35,38). The Morgan fingerprint density at radius 3 is 2.32 bits per heavy atom. The quantitative estimate of drug-likeness (QED) is 0.218. The zero-order valence-corrected chi connectivity index (χ0v) is 23.7. The van der Waals surface area contributed by atoms with E-state index < -0.39 is 5.76 Å². The van der Waals surface area contributed by atoms with Crippen LogP contribution >= 0.6 is 11.3 Å². The molecule has 0 saturated carbocycles. The second-order valence-electron chi connectivity index (χ2n) is 9.86. The fraction of sp³-hybridized carbons (Fsp3) is 0.182. The minimum atomic E-state index is -0.593. The van der Waals surface area contributed by atoms with E-state index in [4.69, 9.17) is 9.26 Å². The molecule has 0 unspecified atom stereocenters. The summed E-state index contributed by atoms with van der Waals surface area (Å²) >= 11 is 1.65. The molecule has 0 saturated heterocycles. The van der Waals surface area contributed by atoms with E-state index in [-0.39, 0.29) is 5.56 Å². The molecule has 3 aromatic carbocycles. The van der Waals surface area contributed by atoms with Crippen molar-refractivity contribution in [1.82, 2.24) is 14.7 Å². The van der Waals surface area contributed by atoms with Gasteiger partial charge in [-0.05, 0) is 47.6 Å². The maximum atomic E-state index is 14.0. The van der Waals surface area contributed by atoms with Crippen LogP contribution in [0.1, 0.15) is 28.5 Å². The van der Waals surface area contributed by atoms with Gasteiger partial charge < -0.3 is 4.74 Å². The topological polar surface area (TPSA) is 90.1 Å². The number of hydrogen-bond donors (Lipinski definition) is 1. The third-order valence-electron chi connectivity index (χ3n) is 7.32. The Balaban J connectivity index is 1.37. The Morgan fingerprint density at radius 1 is 0.902 bits per heavy atom. The predicted molar refractivity (Wildman–Crippen MR) is 163 cm³/mol. The number of nitrogens with zero attached hydrogens (tertiary/aromatic N) is 2. The van der Waals surface area contributed by atoms with Gasteiger partial charge in [0.2, 0.25) is 0 Å². The first kappa shape index (κ1) is 26.5. The number of benzene rings is 3. The molecule has 0 bridgehead atoms. The van der Waals surface area contributed by atoms with Crippen LogP contribution < -0.4 is 16.1 Å². The number of H-pyrrole nitrogens is 1. The van der Waals surface area contributed by atoms with Gasteiger partial charge >= 0.3 is 5.76 Å². The van der Waals surface area contributed by atoms with Gasteiger partial charge in [-0.3, -0.25) is 18.9 Å². The highest BCUT2D eigenvalue weighted by molar-refractivity contribution is 7.18. The molecule has 0 spiro atoms. The zero-order chi connectivity index (χ0) is 28.3. The number of rotatable bonds is 9. The highest BCUT2D eigenvalue weighted by Crippen LogP contribution is 2.35. The Kier molecular flexibility index (Phi) is 7.39. The average molecular weight is 564 g/mol. The van der Waals surface area contributed by atoms with E-state index in [1.165, 1.54) is 10.4 Å². The summed E-state index contributed by atoms with van der Waals surface area (Å²) in [5.41, 5.74) is 5.54. The van der Waals surface area contributed by atoms with Crippen molar-refractivity contribution in [3.05, 3.63) is 127 Å². The van der Waals surface area contributed by atoms with E-state index in [0.29, 0.717) is 30.1 Å². The molecule has 1 N–H and O–H groups in total. The summed E-state index contributed by atoms with van der Waals surface area (Å²) < 4.78 is 12.5. The smallest absolute Gasteiger partial charge is 0.439 e. The van der Waals surface area contributed by atoms with E-state index >= 15 is 0 Å². The molecule has 0 aliphatic carbocycles. The summed E-state index contributed by atoms with van der Waals surface area (Å²) in [6.45, 7) is 2.57. The summed E-state index contributed by atoms with van der Waals surface area (Å²) in [7, 11) is 1.65. The number of fused-ring (bicyclic) bond motifs is 1. The van der Waals surface area contributed by atoms with Gasteiger partial charge in [-0.25, -0.2) is 4.79 Å². The van der Waals surface area contributed by atoms with Gasteiger partial charge in [0.25, 0.3) is 5.56 Å². The van der Waals surface area contributed by atoms with Gasteiger partial charge in [0, 0.05) is 10.4 Å². The molecule has 6 rings (SSSR count). The third kappa shape index (κ3) is 5.26. The molecular formula is C33H29N3O4S. The number of aryl methyl sites for hydroxylation is 2. The van der Waals surface area contributed by atoms with E-state index in [0.717, 1.165) is 45.3 Å². The zero-order valence-electron chi connectivity index (χ0n) is 22.8. The van der Waals surface area contributed by atoms with Crippen molar-refractivity contribution < 1.29 is 9.26 Å². The van der Waals surface area contributed by atoms with Crippen molar-refractivity contribution in [2.45, 2.75) is 32.7 Å². The van der Waals surface area contributed by atoms with Crippen molar-refractivity contribution in [3.63, 3.8) is 0 Å². The maximum absolute atomic E-state index is 14.0. The van der Waals surface area contributed by atoms with E-state index in [1.54, 1.807) is 18.4 Å². The Labute approximate surface area is 240 Å². The number of nitrogens with one attached hydrogen (secondary N) is 1. The number of hydrogen-bond acceptors (Lipinski definition) is 6. The number of ether oxygens (including phenoxy) is 1. The van der Waals surface area contributed by atoms with E-state index in [2.05, 4.69) is 35.3 Å². The highest BCUT2D eigenvalue weighted by Gasteiger charge is 2.20. The molecule has 3 aromatic heterocycles. The van der Waals surface area contributed by atoms with Gasteiger partial charge in [-0.15, -0.1) is 11.3 Å². The molecule has 0 fully saturated rings. The largest absolute Gasteiger partial charge is 0.496 e. The molecule has 7 nitrogen and oxygen atoms in total. The lowest BCUT2D eigenvalue weighted by atomic mass is 9.98. The average Bonchev–Trinajstić information content (AvgIpc) is 3.65. The van der Waals surface area contributed by atoms with Crippen molar-refractivity contribution in [2.24, 2.45) is 0 Å². The lowest BCUT2D eigenvalue weighted by Crippen LogP contribution is -2.25. The predicted octanol–water partition coefficient (Wildman–Crippen LogP) is 6.48. The number of aromatic amines is 1. The molecule has 0 atom stereocenters. The molecular weight excluding hydrogens is 534 g/mol. The first-order valence-electron chi connectivity index (χ1n) is 13.6. The number of pyridine rings is 1. The molecule has 0 aliphatic heterocycles. The summed E-state index contributed by atoms with van der Waals surface area (Å²) in [6, 6.07) is 28.2. The lowest BCUT2D eigenvalue weighted by Gasteiger charge is -2.15. The SMILES string of the molecule is CCc1cc2c(OC)c(CCc3ccccc3)c(=O)n(Cc3ccc(-c4ccccc4-c4noc(=O)[nH]4)cc3)c2s1. The van der Waals surface area contributed by atoms with Gasteiger partial charge in [0.1, 0.15) is 10.6 Å². The van der Waals surface area contributed by atoms with Crippen LogP contribution in [-0.4, -0.2) is 21.8 Å². The Bertz CT molecular complexity index is 1930. The maximum Gasteiger partial charge on any atom is 0.439 e. The fourth-order valence-electron chi connectivity index (χ4n) is 5.25. The van der Waals surface area contributed by atoms with Gasteiger partial charge in [-0.1, -0.05) is 90.9 Å². The van der Waals surface area contributed by atoms with Gasteiger partial charge in [-0.2, -0.15) is 0 Å². The van der Waals surface area contributed by atoms with Crippen molar-refractivity contribution in [2.75, 3.05) is 7.11 Å². The molecule has 41 heavy (non-hydrogen) atoms. The molecule has 3 heterocycles. The van der Waals surface area contributed by atoms with Gasteiger partial charge in [0.15, 0.2) is 5.82 Å². The summed E-state index contributed by atoms with van der Waals surface area (Å²) in [6.07, 6.45) is 2.24. The van der Waals surface area contributed by atoms with Gasteiger partial charge in [0.05, 0.1) is 24.6 Å². The van der Waals surface area contributed by atoms with Crippen LogP contribution in [0.4, 0.5) is 0 Å². The molecule has 6 aromatic rings. The van der Waals surface area contributed by atoms with Crippen LogP contribution in [0.3, 0.4) is 0 Å². The molecule has 0 radical (unpaired) electrons. The van der Waals surface area contributed by atoms with E-state index in [1.807, 2.05) is 71.3 Å². The van der Waals surface area contributed by atoms with Crippen LogP contribution in [-0.2, 0) is 25.8 Å². The molecule has 0 amide bonds. The first-order valence-corrected chi connectivity index (χ1v) is 14.4. The Hall–Kier alpha value is -4.69. The number of aromatic nitrogens is 3. The number of thiophene rings is 1. The lowest BCUT2D eigenvalue weighted by molar-refractivity contribution is 0.388. The minimum absolute atomic E-state index is 0.0146. The summed E-state index contributed by atoms with van der Waals surface area (Å²) in [4.78, 5) is 30.3. The normalized spacial score (nSPS) is 11.3. The first-order chi connectivity index (χ1) is 20.1. The summed E-state index contributed by atoms with van der Waals surface area (Å²) in [5, 5.41) is 4.85. The third-order valence-corrected chi connectivity index (χ3v) is 8.62. The monoisotopic (exact) mass is 563 g/mol. The highest BCUT2D eigenvalue weighted by atomic mass is 32.1. The fourth-order valence-corrected chi connectivity index (χ4v) is 6.34. The van der Waals surface area contributed by atoms with Crippen LogP contribution in [0.15, 0.2) is 99.0 Å². The Morgan fingerprint density at radius 2 is 1.63 bits per heavy atom. The number of methoxy groups -OCH3 is 1. The minimum Gasteiger partial charge on any atom is -0.496 e. The van der Waals surface area contributed by atoms with Crippen molar-refractivity contribution >= 4 is 21.6 Å². The second-order valence-corrected chi connectivity index (χ2v) is 11.0. The van der Waals surface area contributed by atoms with Crippen molar-refractivity contribution in [3.8, 4) is 28.3 Å².